The van der Waals surface area contributed by atoms with Gasteiger partial charge in [0.05, 0.1) is 16.3 Å². The van der Waals surface area contributed by atoms with Gasteiger partial charge in [-0.2, -0.15) is 13.2 Å². The minimum absolute atomic E-state index is 0.0169. The summed E-state index contributed by atoms with van der Waals surface area (Å²) in [5.74, 6) is -0.630. The van der Waals surface area contributed by atoms with E-state index in [1.807, 2.05) is 6.92 Å². The first-order valence-electron chi connectivity index (χ1n) is 5.43. The number of hydrogen-bond donors (Lipinski definition) is 1. The maximum Gasteiger partial charge on any atom is 0.416 e. The number of benzene rings is 1. The van der Waals surface area contributed by atoms with Crippen LogP contribution in [0.4, 0.5) is 18.9 Å². The number of anilines is 1. The van der Waals surface area contributed by atoms with Crippen molar-refractivity contribution in [1.29, 1.82) is 0 Å². The molecule has 0 aliphatic carbocycles. The molecule has 0 heterocycles. The van der Waals surface area contributed by atoms with Crippen molar-refractivity contribution in [3.05, 3.63) is 28.8 Å². The second-order valence-electron chi connectivity index (χ2n) is 3.99. The SMILES string of the molecule is CCC(C)C(=O)Nc1cc(C(F)(F)F)ccc1Cl. The van der Waals surface area contributed by atoms with Crippen molar-refractivity contribution in [2.45, 2.75) is 26.4 Å². The zero-order chi connectivity index (χ0) is 13.9. The minimum Gasteiger partial charge on any atom is -0.325 e. The average Bonchev–Trinajstić information content (AvgIpc) is 2.29. The van der Waals surface area contributed by atoms with Crippen molar-refractivity contribution in [3.63, 3.8) is 0 Å². The summed E-state index contributed by atoms with van der Waals surface area (Å²) in [7, 11) is 0. The summed E-state index contributed by atoms with van der Waals surface area (Å²) in [6.45, 7) is 3.51. The number of halogens is 4. The van der Waals surface area contributed by atoms with Crippen LogP contribution in [0.1, 0.15) is 25.8 Å². The van der Waals surface area contributed by atoms with E-state index >= 15 is 0 Å². The molecule has 100 valence electrons. The van der Waals surface area contributed by atoms with E-state index in [-0.39, 0.29) is 22.5 Å². The number of nitrogens with one attached hydrogen (secondary N) is 1. The third kappa shape index (κ3) is 3.63. The Morgan fingerprint density at radius 1 is 1.44 bits per heavy atom. The summed E-state index contributed by atoms with van der Waals surface area (Å²) in [6.07, 6.45) is -3.86. The molecule has 0 spiro atoms. The molecule has 1 amide bonds. The molecule has 1 atom stereocenters. The Labute approximate surface area is 108 Å². The summed E-state index contributed by atoms with van der Waals surface area (Å²) >= 11 is 5.76. The standard InChI is InChI=1S/C12H13ClF3NO/c1-3-7(2)11(18)17-10-6-8(12(14,15)16)4-5-9(10)13/h4-7H,3H2,1-2H3,(H,17,18). The molecule has 0 bridgehead atoms. The Morgan fingerprint density at radius 2 is 2.06 bits per heavy atom. The van der Waals surface area contributed by atoms with Crippen LogP contribution in [0.5, 0.6) is 0 Å². The van der Waals surface area contributed by atoms with Gasteiger partial charge in [-0.25, -0.2) is 0 Å². The lowest BCUT2D eigenvalue weighted by molar-refractivity contribution is -0.137. The van der Waals surface area contributed by atoms with Crippen LogP contribution in [-0.2, 0) is 11.0 Å². The summed E-state index contributed by atoms with van der Waals surface area (Å²) < 4.78 is 37.5. The Hall–Kier alpha value is -1.23. The smallest absolute Gasteiger partial charge is 0.325 e. The maximum atomic E-state index is 12.5. The molecule has 1 N–H and O–H groups in total. The average molecular weight is 280 g/mol. The van der Waals surface area contributed by atoms with Crippen molar-refractivity contribution in [2.75, 3.05) is 5.32 Å². The van der Waals surface area contributed by atoms with Crippen LogP contribution in [0.15, 0.2) is 18.2 Å². The summed E-state index contributed by atoms with van der Waals surface area (Å²) in [6, 6.07) is 2.83. The minimum atomic E-state index is -4.46. The van der Waals surface area contributed by atoms with Crippen molar-refractivity contribution in [2.24, 2.45) is 5.92 Å². The third-order valence-corrected chi connectivity index (χ3v) is 2.94. The monoisotopic (exact) mass is 279 g/mol. The van der Waals surface area contributed by atoms with E-state index in [0.29, 0.717) is 6.42 Å². The second kappa shape index (κ2) is 5.61. The molecule has 6 heteroatoms. The molecule has 1 aromatic rings. The highest BCUT2D eigenvalue weighted by molar-refractivity contribution is 6.33. The van der Waals surface area contributed by atoms with Crippen molar-refractivity contribution in [3.8, 4) is 0 Å². The molecular weight excluding hydrogens is 267 g/mol. The van der Waals surface area contributed by atoms with Crippen LogP contribution in [-0.4, -0.2) is 5.91 Å². The Morgan fingerprint density at radius 3 is 2.56 bits per heavy atom. The van der Waals surface area contributed by atoms with Gasteiger partial charge in [0.1, 0.15) is 0 Å². The van der Waals surface area contributed by atoms with Gasteiger partial charge in [0, 0.05) is 5.92 Å². The number of rotatable bonds is 3. The molecule has 0 aromatic heterocycles. The first-order valence-corrected chi connectivity index (χ1v) is 5.81. The summed E-state index contributed by atoms with van der Waals surface area (Å²) in [5, 5.41) is 2.49. The third-order valence-electron chi connectivity index (χ3n) is 2.61. The molecule has 1 unspecified atom stereocenters. The first kappa shape index (κ1) is 14.8. The van der Waals surface area contributed by atoms with Gasteiger partial charge in [0.15, 0.2) is 0 Å². The predicted molar refractivity (Wildman–Crippen MR) is 64.5 cm³/mol. The van der Waals surface area contributed by atoms with Gasteiger partial charge >= 0.3 is 6.18 Å². The summed E-state index contributed by atoms with van der Waals surface area (Å²) in [5.41, 5.74) is -0.858. The number of amides is 1. The Balaban J connectivity index is 2.99. The maximum absolute atomic E-state index is 12.5. The molecule has 0 fully saturated rings. The highest BCUT2D eigenvalue weighted by atomic mass is 35.5. The van der Waals surface area contributed by atoms with E-state index in [2.05, 4.69) is 5.32 Å². The van der Waals surface area contributed by atoms with Gasteiger partial charge in [-0.3, -0.25) is 4.79 Å². The first-order chi connectivity index (χ1) is 8.25. The lowest BCUT2D eigenvalue weighted by Crippen LogP contribution is -2.20. The van der Waals surface area contributed by atoms with Gasteiger partial charge in [0.2, 0.25) is 5.91 Å². The molecule has 2 nitrogen and oxygen atoms in total. The van der Waals surface area contributed by atoms with Crippen LogP contribution < -0.4 is 5.32 Å². The largest absolute Gasteiger partial charge is 0.416 e. The topological polar surface area (TPSA) is 29.1 Å². The zero-order valence-electron chi connectivity index (χ0n) is 9.94. The van der Waals surface area contributed by atoms with Gasteiger partial charge in [-0.05, 0) is 24.6 Å². The van der Waals surface area contributed by atoms with Crippen LogP contribution in [0.3, 0.4) is 0 Å². The fourth-order valence-corrected chi connectivity index (χ4v) is 1.40. The molecule has 0 saturated heterocycles. The van der Waals surface area contributed by atoms with E-state index in [1.165, 1.54) is 0 Å². The molecule has 0 radical (unpaired) electrons. The number of alkyl halides is 3. The number of hydrogen-bond acceptors (Lipinski definition) is 1. The van der Waals surface area contributed by atoms with Gasteiger partial charge in [0.25, 0.3) is 0 Å². The molecular formula is C12H13ClF3NO. The van der Waals surface area contributed by atoms with Gasteiger partial charge in [-0.15, -0.1) is 0 Å². The number of carbonyl (C=O) groups is 1. The van der Waals surface area contributed by atoms with Gasteiger partial charge in [-0.1, -0.05) is 25.4 Å². The highest BCUT2D eigenvalue weighted by Crippen LogP contribution is 2.33. The number of carbonyl (C=O) groups excluding carboxylic acids is 1. The van der Waals surface area contributed by atoms with Crippen molar-refractivity contribution >= 4 is 23.2 Å². The van der Waals surface area contributed by atoms with Crippen LogP contribution in [0.2, 0.25) is 5.02 Å². The van der Waals surface area contributed by atoms with Crippen LogP contribution in [0, 0.1) is 5.92 Å². The molecule has 18 heavy (non-hydrogen) atoms. The fourth-order valence-electron chi connectivity index (χ4n) is 1.24. The van der Waals surface area contributed by atoms with E-state index in [1.54, 1.807) is 6.92 Å². The molecule has 1 rings (SSSR count). The van der Waals surface area contributed by atoms with E-state index in [9.17, 15) is 18.0 Å². The Bertz CT molecular complexity index is 445. The van der Waals surface area contributed by atoms with E-state index in [4.69, 9.17) is 11.6 Å². The molecule has 0 aliphatic rings. The van der Waals surface area contributed by atoms with Crippen LogP contribution in [0.25, 0.3) is 0 Å². The quantitative estimate of drug-likeness (QED) is 0.876. The van der Waals surface area contributed by atoms with Crippen molar-refractivity contribution in [1.82, 2.24) is 0 Å². The van der Waals surface area contributed by atoms with Crippen LogP contribution >= 0.6 is 11.6 Å². The molecule has 1 aromatic carbocycles. The van der Waals surface area contributed by atoms with E-state index < -0.39 is 11.7 Å². The normalized spacial score (nSPS) is 13.2. The fraction of sp³-hybridized carbons (Fsp3) is 0.417. The zero-order valence-corrected chi connectivity index (χ0v) is 10.7. The van der Waals surface area contributed by atoms with Crippen molar-refractivity contribution < 1.29 is 18.0 Å². The van der Waals surface area contributed by atoms with Gasteiger partial charge < -0.3 is 5.32 Å². The Kier molecular flexibility index (Phi) is 4.62. The predicted octanol–water partition coefficient (Wildman–Crippen LogP) is 4.34. The lowest BCUT2D eigenvalue weighted by atomic mass is 10.1. The molecule has 0 saturated carbocycles. The molecule has 0 aliphatic heterocycles. The lowest BCUT2D eigenvalue weighted by Gasteiger charge is -2.13. The van der Waals surface area contributed by atoms with E-state index in [0.717, 1.165) is 18.2 Å². The highest BCUT2D eigenvalue weighted by Gasteiger charge is 2.31. The second-order valence-corrected chi connectivity index (χ2v) is 4.40. The summed E-state index contributed by atoms with van der Waals surface area (Å²) in [4.78, 5) is 11.6.